The van der Waals surface area contributed by atoms with Gasteiger partial charge in [0, 0.05) is 0 Å². The van der Waals surface area contributed by atoms with Gasteiger partial charge in [-0.25, -0.2) is 5.43 Å². The summed E-state index contributed by atoms with van der Waals surface area (Å²) in [6.07, 6.45) is 0. The smallest absolute Gasteiger partial charge is 0.255 e. The molecule has 0 heterocycles. The minimum atomic E-state index is -0.303. The van der Waals surface area contributed by atoms with E-state index in [0.29, 0.717) is 0 Å². The van der Waals surface area contributed by atoms with Crippen LogP contribution in [0.5, 0.6) is 0 Å². The van der Waals surface area contributed by atoms with E-state index in [4.69, 9.17) is 5.53 Å². The van der Waals surface area contributed by atoms with Crippen LogP contribution in [0.4, 0.5) is 0 Å². The number of amides is 1. The number of carbonyl (C=O) groups is 1. The van der Waals surface area contributed by atoms with Crippen molar-refractivity contribution >= 4 is 5.91 Å². The van der Waals surface area contributed by atoms with Gasteiger partial charge in [0.2, 0.25) is 0 Å². The van der Waals surface area contributed by atoms with Gasteiger partial charge in [-0.05, 0) is 7.05 Å². The van der Waals surface area contributed by atoms with Crippen LogP contribution in [-0.2, 0) is 4.79 Å². The van der Waals surface area contributed by atoms with Crippen molar-refractivity contribution in [3.8, 4) is 0 Å². The van der Waals surface area contributed by atoms with Crippen LogP contribution >= 0.6 is 0 Å². The third-order valence-electron chi connectivity index (χ3n) is 0.518. The van der Waals surface area contributed by atoms with E-state index in [2.05, 4.69) is 10.5 Å². The molecule has 0 aliphatic rings. The lowest BCUT2D eigenvalue weighted by Crippen LogP contribution is -2.27. The predicted octanol–water partition coefficient (Wildman–Crippen LogP) is -0.732. The molecule has 0 fully saturated rings. The summed E-state index contributed by atoms with van der Waals surface area (Å²) in [5.41, 5.74) is 8.11. The molecular formula is C3H8N4O. The Bertz CT molecular complexity index is 91.3. The number of nitrogens with zero attached hydrogens (tertiary/aromatic N) is 1. The standard InChI is InChI=1S/C3H8N4O/c1-5-2-3(8)6-7-4/h5H,2H2,1H3,(H2,4,6,8). The van der Waals surface area contributed by atoms with Crippen LogP contribution in [0.3, 0.4) is 0 Å². The van der Waals surface area contributed by atoms with Crippen molar-refractivity contribution in [3.05, 3.63) is 0 Å². The van der Waals surface area contributed by atoms with Crippen LogP contribution in [0, 0.1) is 5.53 Å². The molecule has 1 amide bonds. The van der Waals surface area contributed by atoms with Crippen molar-refractivity contribution in [1.82, 2.24) is 10.7 Å². The summed E-state index contributed by atoms with van der Waals surface area (Å²) in [6.45, 7) is 0.197. The summed E-state index contributed by atoms with van der Waals surface area (Å²) in [5, 5.41) is 5.26. The van der Waals surface area contributed by atoms with Crippen LogP contribution in [-0.4, -0.2) is 19.5 Å². The number of carbonyl (C=O) groups excluding carboxylic acids is 1. The van der Waals surface area contributed by atoms with Gasteiger partial charge >= 0.3 is 0 Å². The third kappa shape index (κ3) is 3.23. The predicted molar refractivity (Wildman–Crippen MR) is 27.2 cm³/mol. The van der Waals surface area contributed by atoms with Gasteiger partial charge in [-0.3, -0.25) is 4.79 Å². The quantitative estimate of drug-likeness (QED) is 0.335. The first kappa shape index (κ1) is 7.03. The fraction of sp³-hybridized carbons (Fsp3) is 0.667. The van der Waals surface area contributed by atoms with Crippen molar-refractivity contribution in [3.63, 3.8) is 0 Å². The highest BCUT2D eigenvalue weighted by Crippen LogP contribution is 1.58. The molecule has 0 aliphatic carbocycles. The monoisotopic (exact) mass is 116 g/mol. The van der Waals surface area contributed by atoms with E-state index in [1.165, 1.54) is 0 Å². The van der Waals surface area contributed by atoms with Crippen molar-refractivity contribution in [1.29, 1.82) is 5.53 Å². The second kappa shape index (κ2) is 4.20. The first-order valence-electron chi connectivity index (χ1n) is 2.11. The summed E-state index contributed by atoms with van der Waals surface area (Å²) >= 11 is 0. The molecule has 0 bridgehead atoms. The number of likely N-dealkylation sites (N-methyl/N-ethyl adjacent to an activating group) is 1. The van der Waals surface area contributed by atoms with Gasteiger partial charge in [-0.15, -0.1) is 0 Å². The maximum atomic E-state index is 10.3. The maximum Gasteiger partial charge on any atom is 0.255 e. The fourth-order valence-corrected chi connectivity index (χ4v) is 0.262. The van der Waals surface area contributed by atoms with Crippen molar-refractivity contribution in [2.45, 2.75) is 0 Å². The Balaban J connectivity index is 3.18. The zero-order valence-corrected chi connectivity index (χ0v) is 4.56. The number of hydrogen-bond acceptors (Lipinski definition) is 4. The Kier molecular flexibility index (Phi) is 3.69. The molecular weight excluding hydrogens is 108 g/mol. The zero-order chi connectivity index (χ0) is 6.41. The molecule has 0 aromatic carbocycles. The number of hydrogen-bond donors (Lipinski definition) is 3. The first-order valence-corrected chi connectivity index (χ1v) is 2.11. The Labute approximate surface area is 46.9 Å². The molecule has 5 nitrogen and oxygen atoms in total. The van der Waals surface area contributed by atoms with Crippen LogP contribution < -0.4 is 10.7 Å². The maximum absolute atomic E-state index is 10.3. The van der Waals surface area contributed by atoms with E-state index in [9.17, 15) is 4.79 Å². The lowest BCUT2D eigenvalue weighted by molar-refractivity contribution is -0.120. The van der Waals surface area contributed by atoms with Crippen LogP contribution in [0.25, 0.3) is 0 Å². The van der Waals surface area contributed by atoms with Crippen LogP contribution in [0.1, 0.15) is 0 Å². The Hall–Kier alpha value is -0.970. The average molecular weight is 116 g/mol. The summed E-state index contributed by atoms with van der Waals surface area (Å²) in [4.78, 5) is 10.3. The summed E-state index contributed by atoms with van der Waals surface area (Å²) in [5.74, 6) is -0.303. The molecule has 3 N–H and O–H groups in total. The minimum absolute atomic E-state index is 0.197. The average Bonchev–Trinajstić information content (AvgIpc) is 1.68. The first-order chi connectivity index (χ1) is 3.81. The van der Waals surface area contributed by atoms with Gasteiger partial charge in [0.05, 0.1) is 6.54 Å². The van der Waals surface area contributed by atoms with Gasteiger partial charge in [0.1, 0.15) is 0 Å². The molecule has 0 aliphatic heterocycles. The molecule has 0 atom stereocenters. The molecule has 0 saturated carbocycles. The lowest BCUT2D eigenvalue weighted by atomic mass is 10.6. The molecule has 0 aromatic heterocycles. The van der Waals surface area contributed by atoms with Gasteiger partial charge < -0.3 is 5.32 Å². The van der Waals surface area contributed by atoms with Crippen molar-refractivity contribution in [2.24, 2.45) is 5.22 Å². The second-order valence-electron chi connectivity index (χ2n) is 1.18. The highest BCUT2D eigenvalue weighted by Gasteiger charge is 1.92. The van der Waals surface area contributed by atoms with Crippen molar-refractivity contribution in [2.75, 3.05) is 13.6 Å². The van der Waals surface area contributed by atoms with Gasteiger partial charge in [0.15, 0.2) is 0 Å². The fourth-order valence-electron chi connectivity index (χ4n) is 0.262. The Morgan fingerprint density at radius 3 is 2.88 bits per heavy atom. The molecule has 0 aromatic rings. The third-order valence-corrected chi connectivity index (χ3v) is 0.518. The minimum Gasteiger partial charge on any atom is -0.311 e. The molecule has 0 saturated heterocycles. The highest BCUT2D eigenvalue weighted by molar-refractivity contribution is 5.77. The SMILES string of the molecule is CNCC(=O)NN=N. The summed E-state index contributed by atoms with van der Waals surface area (Å²) < 4.78 is 0. The van der Waals surface area contributed by atoms with E-state index in [-0.39, 0.29) is 12.5 Å². The number of nitrogens with one attached hydrogen (secondary N) is 3. The lowest BCUT2D eigenvalue weighted by Gasteiger charge is -1.92. The van der Waals surface area contributed by atoms with Gasteiger partial charge in [0.25, 0.3) is 5.91 Å². The van der Waals surface area contributed by atoms with Crippen molar-refractivity contribution < 1.29 is 4.79 Å². The molecule has 0 spiro atoms. The highest BCUT2D eigenvalue weighted by atomic mass is 16.2. The van der Waals surface area contributed by atoms with Crippen LogP contribution in [0.15, 0.2) is 5.22 Å². The Morgan fingerprint density at radius 2 is 2.50 bits per heavy atom. The number of rotatable bonds is 3. The molecule has 46 valence electrons. The second-order valence-corrected chi connectivity index (χ2v) is 1.18. The van der Waals surface area contributed by atoms with Gasteiger partial charge in [-0.1, -0.05) is 5.22 Å². The molecule has 0 radical (unpaired) electrons. The van der Waals surface area contributed by atoms with E-state index in [0.717, 1.165) is 0 Å². The Morgan fingerprint density at radius 1 is 1.88 bits per heavy atom. The zero-order valence-electron chi connectivity index (χ0n) is 4.56. The van der Waals surface area contributed by atoms with E-state index < -0.39 is 0 Å². The van der Waals surface area contributed by atoms with Gasteiger partial charge in [-0.2, -0.15) is 5.53 Å². The summed E-state index contributed by atoms with van der Waals surface area (Å²) in [7, 11) is 1.64. The van der Waals surface area contributed by atoms with E-state index in [1.807, 2.05) is 5.43 Å². The van der Waals surface area contributed by atoms with E-state index >= 15 is 0 Å². The normalized spacial score (nSPS) is 8.12. The van der Waals surface area contributed by atoms with Crippen LogP contribution in [0.2, 0.25) is 0 Å². The topological polar surface area (TPSA) is 77.3 Å². The molecule has 8 heavy (non-hydrogen) atoms. The van der Waals surface area contributed by atoms with E-state index in [1.54, 1.807) is 7.05 Å². The largest absolute Gasteiger partial charge is 0.311 e. The molecule has 5 heteroatoms. The summed E-state index contributed by atoms with van der Waals surface area (Å²) in [6, 6.07) is 0. The molecule has 0 unspecified atom stereocenters. The molecule has 0 rings (SSSR count).